The van der Waals surface area contributed by atoms with E-state index in [1.807, 2.05) is 34.0 Å². The minimum Gasteiger partial charge on any atom is -0.133 e. The molecule has 0 saturated carbocycles. The summed E-state index contributed by atoms with van der Waals surface area (Å²) in [6.07, 6.45) is 3.75. The molecule has 0 aliphatic rings. The van der Waals surface area contributed by atoms with Crippen molar-refractivity contribution in [2.45, 2.75) is 33.1 Å². The second-order valence-corrected chi connectivity index (χ2v) is 9.68. The molecule has 120 valence electrons. The van der Waals surface area contributed by atoms with Crippen LogP contribution in [-0.2, 0) is 6.42 Å². The molecule has 2 aromatic carbocycles. The van der Waals surface area contributed by atoms with E-state index >= 15 is 0 Å². The van der Waals surface area contributed by atoms with Crippen LogP contribution in [0.2, 0.25) is 0 Å². The van der Waals surface area contributed by atoms with Gasteiger partial charge in [-0.3, -0.25) is 0 Å². The number of fused-ring (bicyclic) bond motifs is 7. The van der Waals surface area contributed by atoms with Gasteiger partial charge < -0.3 is 0 Å². The van der Waals surface area contributed by atoms with E-state index in [1.165, 1.54) is 69.4 Å². The normalized spacial score (nSPS) is 12.2. The van der Waals surface area contributed by atoms with Crippen LogP contribution in [-0.4, -0.2) is 0 Å². The van der Waals surface area contributed by atoms with Crippen LogP contribution >= 0.6 is 34.0 Å². The number of aryl methyl sites for hydroxylation is 2. The third kappa shape index (κ3) is 2.15. The molecule has 0 radical (unpaired) electrons. The van der Waals surface area contributed by atoms with Gasteiger partial charge in [0.2, 0.25) is 0 Å². The Morgan fingerprint density at radius 1 is 0.750 bits per heavy atom. The molecular weight excluding hydrogens is 348 g/mol. The molecule has 0 bridgehead atoms. The third-order valence-electron chi connectivity index (χ3n) is 4.74. The number of unbranched alkanes of at least 4 members (excludes halogenated alkanes) is 1. The Hall–Kier alpha value is -1.42. The predicted octanol–water partition coefficient (Wildman–Crippen LogP) is 8.13. The van der Waals surface area contributed by atoms with Gasteiger partial charge in [0, 0.05) is 20.2 Å². The number of thiophene rings is 3. The molecule has 5 aromatic rings. The first-order chi connectivity index (χ1) is 11.7. The van der Waals surface area contributed by atoms with Gasteiger partial charge in [0.25, 0.3) is 0 Å². The standard InChI is InChI=1S/C21H18S3/c1-3-4-5-13-7-9-15-17(11-13)23-21-19(15)24-18-14-8-6-12(2)10-16(14)22-20(18)21/h6-11H,3-5H2,1-2H3. The molecule has 0 aliphatic heterocycles. The Labute approximate surface area is 153 Å². The zero-order valence-electron chi connectivity index (χ0n) is 13.8. The molecule has 0 N–H and O–H groups in total. The molecule has 0 fully saturated rings. The summed E-state index contributed by atoms with van der Waals surface area (Å²) < 4.78 is 8.84. The van der Waals surface area contributed by atoms with Gasteiger partial charge in [-0.25, -0.2) is 0 Å². The maximum absolute atomic E-state index is 2.42. The van der Waals surface area contributed by atoms with E-state index in [-0.39, 0.29) is 0 Å². The van der Waals surface area contributed by atoms with Crippen LogP contribution in [0, 0.1) is 6.92 Å². The monoisotopic (exact) mass is 366 g/mol. The van der Waals surface area contributed by atoms with Gasteiger partial charge in [0.05, 0.1) is 18.8 Å². The third-order valence-corrected chi connectivity index (χ3v) is 8.72. The minimum absolute atomic E-state index is 1.20. The number of benzene rings is 2. The molecule has 0 atom stereocenters. The SMILES string of the molecule is CCCCc1ccc2c(c1)sc1c2sc2c3ccc(C)cc3sc21. The lowest BCUT2D eigenvalue weighted by atomic mass is 10.1. The zero-order chi connectivity index (χ0) is 16.3. The summed E-state index contributed by atoms with van der Waals surface area (Å²) in [4.78, 5) is 0. The van der Waals surface area contributed by atoms with E-state index in [1.54, 1.807) is 0 Å². The van der Waals surface area contributed by atoms with Crippen molar-refractivity contribution in [1.82, 2.24) is 0 Å². The van der Waals surface area contributed by atoms with Crippen molar-refractivity contribution >= 4 is 73.0 Å². The summed E-state index contributed by atoms with van der Waals surface area (Å²) in [5.74, 6) is 0. The Bertz CT molecular complexity index is 1200. The van der Waals surface area contributed by atoms with Gasteiger partial charge in [-0.1, -0.05) is 37.6 Å². The van der Waals surface area contributed by atoms with Crippen molar-refractivity contribution in [2.75, 3.05) is 0 Å². The van der Waals surface area contributed by atoms with Gasteiger partial charge in [-0.15, -0.1) is 34.0 Å². The summed E-state index contributed by atoms with van der Waals surface area (Å²) in [6, 6.07) is 14.0. The van der Waals surface area contributed by atoms with Crippen molar-refractivity contribution in [1.29, 1.82) is 0 Å². The molecule has 0 unspecified atom stereocenters. The lowest BCUT2D eigenvalue weighted by molar-refractivity contribution is 0.796. The fourth-order valence-corrected chi connectivity index (χ4v) is 7.87. The Kier molecular flexibility index (Phi) is 3.44. The topological polar surface area (TPSA) is 0 Å². The van der Waals surface area contributed by atoms with Crippen LogP contribution in [0.5, 0.6) is 0 Å². The van der Waals surface area contributed by atoms with Crippen molar-refractivity contribution in [3.05, 3.63) is 47.5 Å². The average molecular weight is 367 g/mol. The summed E-state index contributed by atoms with van der Waals surface area (Å²) >= 11 is 5.94. The highest BCUT2D eigenvalue weighted by atomic mass is 32.1. The zero-order valence-corrected chi connectivity index (χ0v) is 16.3. The van der Waals surface area contributed by atoms with E-state index in [0.717, 1.165) is 0 Å². The molecule has 3 heteroatoms. The van der Waals surface area contributed by atoms with Gasteiger partial charge in [-0.05, 0) is 43.0 Å². The molecule has 3 aromatic heterocycles. The minimum atomic E-state index is 1.20. The van der Waals surface area contributed by atoms with Gasteiger partial charge in [-0.2, -0.15) is 0 Å². The fourth-order valence-electron chi connectivity index (χ4n) is 3.44. The van der Waals surface area contributed by atoms with Crippen molar-refractivity contribution < 1.29 is 0 Å². The van der Waals surface area contributed by atoms with Crippen LogP contribution < -0.4 is 0 Å². The number of hydrogen-bond acceptors (Lipinski definition) is 3. The summed E-state index contributed by atoms with van der Waals surface area (Å²) in [7, 11) is 0. The molecule has 5 rings (SSSR count). The Morgan fingerprint density at radius 2 is 1.42 bits per heavy atom. The highest BCUT2D eigenvalue weighted by Gasteiger charge is 2.16. The van der Waals surface area contributed by atoms with Crippen LogP contribution in [0.3, 0.4) is 0 Å². The smallest absolute Gasteiger partial charge is 0.0642 e. The lowest BCUT2D eigenvalue weighted by Crippen LogP contribution is -1.82. The molecular formula is C21H18S3. The summed E-state index contributed by atoms with van der Waals surface area (Å²) in [5.41, 5.74) is 2.84. The maximum Gasteiger partial charge on any atom is 0.0642 e. The van der Waals surface area contributed by atoms with E-state index in [0.29, 0.717) is 0 Å². The summed E-state index contributed by atoms with van der Waals surface area (Å²) in [5, 5.41) is 2.88. The first kappa shape index (κ1) is 14.9. The van der Waals surface area contributed by atoms with Crippen LogP contribution in [0.15, 0.2) is 36.4 Å². The largest absolute Gasteiger partial charge is 0.133 e. The number of hydrogen-bond donors (Lipinski definition) is 0. The lowest BCUT2D eigenvalue weighted by Gasteiger charge is -1.99. The van der Waals surface area contributed by atoms with Gasteiger partial charge >= 0.3 is 0 Å². The molecule has 0 nitrogen and oxygen atoms in total. The van der Waals surface area contributed by atoms with E-state index in [2.05, 4.69) is 50.2 Å². The average Bonchev–Trinajstić information content (AvgIpc) is 3.20. The van der Waals surface area contributed by atoms with E-state index in [4.69, 9.17) is 0 Å². The Morgan fingerprint density at radius 3 is 2.12 bits per heavy atom. The number of rotatable bonds is 3. The second kappa shape index (κ2) is 5.55. The predicted molar refractivity (Wildman–Crippen MR) is 113 cm³/mol. The highest BCUT2D eigenvalue weighted by Crippen LogP contribution is 2.50. The highest BCUT2D eigenvalue weighted by molar-refractivity contribution is 7.43. The summed E-state index contributed by atoms with van der Waals surface area (Å²) in [6.45, 7) is 4.44. The van der Waals surface area contributed by atoms with Gasteiger partial charge in [0.15, 0.2) is 0 Å². The van der Waals surface area contributed by atoms with Gasteiger partial charge in [0.1, 0.15) is 0 Å². The molecule has 0 aliphatic carbocycles. The molecule has 0 saturated heterocycles. The maximum atomic E-state index is 2.42. The molecule has 24 heavy (non-hydrogen) atoms. The van der Waals surface area contributed by atoms with E-state index in [9.17, 15) is 0 Å². The Balaban J connectivity index is 1.77. The van der Waals surface area contributed by atoms with E-state index < -0.39 is 0 Å². The quantitative estimate of drug-likeness (QED) is 0.302. The van der Waals surface area contributed by atoms with Crippen LogP contribution in [0.25, 0.3) is 39.0 Å². The molecule has 0 amide bonds. The van der Waals surface area contributed by atoms with Crippen LogP contribution in [0.1, 0.15) is 30.9 Å². The van der Waals surface area contributed by atoms with Crippen molar-refractivity contribution in [2.24, 2.45) is 0 Å². The van der Waals surface area contributed by atoms with Crippen molar-refractivity contribution in [3.63, 3.8) is 0 Å². The first-order valence-corrected chi connectivity index (χ1v) is 11.0. The van der Waals surface area contributed by atoms with Crippen LogP contribution in [0.4, 0.5) is 0 Å². The second-order valence-electron chi connectivity index (χ2n) is 6.56. The van der Waals surface area contributed by atoms with Crippen molar-refractivity contribution in [3.8, 4) is 0 Å². The molecule has 0 spiro atoms. The fraction of sp³-hybridized carbons (Fsp3) is 0.238. The first-order valence-electron chi connectivity index (χ1n) is 8.51. The molecule has 3 heterocycles.